The first-order valence-corrected chi connectivity index (χ1v) is 10.6. The van der Waals surface area contributed by atoms with E-state index in [9.17, 15) is 0 Å². The van der Waals surface area contributed by atoms with Crippen LogP contribution >= 0.6 is 0 Å². The standard InChI is InChI=1S/C26H22O5/c1-2-6-17(7-3-1)31-18-10-11-23-24(12-18)26(30-16-20-14-28-20)22-9-5-4-8-21(22)25(23)29-15-19-13-27-19/h1-12,19-20H,13-16H2. The minimum atomic E-state index is 0.167. The van der Waals surface area contributed by atoms with Crippen LogP contribution in [-0.4, -0.2) is 38.6 Å². The van der Waals surface area contributed by atoms with E-state index in [-0.39, 0.29) is 12.2 Å². The highest BCUT2D eigenvalue weighted by atomic mass is 16.6. The van der Waals surface area contributed by atoms with E-state index in [1.165, 1.54) is 0 Å². The summed E-state index contributed by atoms with van der Waals surface area (Å²) in [6.45, 7) is 2.57. The number of ether oxygens (including phenoxy) is 5. The van der Waals surface area contributed by atoms with Crippen LogP contribution in [0.5, 0.6) is 23.0 Å². The van der Waals surface area contributed by atoms with Crippen LogP contribution in [0.2, 0.25) is 0 Å². The van der Waals surface area contributed by atoms with Crippen molar-refractivity contribution >= 4 is 21.5 Å². The van der Waals surface area contributed by atoms with E-state index in [0.717, 1.165) is 57.8 Å². The molecule has 4 aromatic carbocycles. The van der Waals surface area contributed by atoms with Gasteiger partial charge in [0.15, 0.2) is 0 Å². The lowest BCUT2D eigenvalue weighted by atomic mass is 10.00. The molecular weight excluding hydrogens is 392 g/mol. The molecule has 0 amide bonds. The average molecular weight is 414 g/mol. The number of hydrogen-bond donors (Lipinski definition) is 0. The highest BCUT2D eigenvalue weighted by Gasteiger charge is 2.26. The van der Waals surface area contributed by atoms with Crippen molar-refractivity contribution in [1.82, 2.24) is 0 Å². The van der Waals surface area contributed by atoms with Gasteiger partial charge in [0.25, 0.3) is 0 Å². The van der Waals surface area contributed by atoms with Crippen LogP contribution in [0.4, 0.5) is 0 Å². The molecule has 0 aromatic heterocycles. The lowest BCUT2D eigenvalue weighted by Gasteiger charge is -2.18. The summed E-state index contributed by atoms with van der Waals surface area (Å²) < 4.78 is 29.4. The van der Waals surface area contributed by atoms with Crippen LogP contribution in [0.3, 0.4) is 0 Å². The summed E-state index contributed by atoms with van der Waals surface area (Å²) in [5, 5.41) is 3.99. The predicted molar refractivity (Wildman–Crippen MR) is 118 cm³/mol. The third-order valence-electron chi connectivity index (χ3n) is 5.51. The van der Waals surface area contributed by atoms with Gasteiger partial charge in [-0.05, 0) is 30.3 Å². The Hall–Kier alpha value is -3.28. The van der Waals surface area contributed by atoms with Crippen molar-refractivity contribution in [3.63, 3.8) is 0 Å². The minimum Gasteiger partial charge on any atom is -0.489 e. The summed E-state index contributed by atoms with van der Waals surface area (Å²) in [7, 11) is 0. The Balaban J connectivity index is 1.49. The Kier molecular flexibility index (Phi) is 4.63. The Labute approximate surface area is 180 Å². The molecule has 2 fully saturated rings. The molecular formula is C26H22O5. The molecule has 156 valence electrons. The first kappa shape index (κ1) is 18.5. The number of benzene rings is 4. The molecule has 0 bridgehead atoms. The lowest BCUT2D eigenvalue weighted by molar-refractivity contribution is 0.264. The molecule has 0 radical (unpaired) electrons. The van der Waals surface area contributed by atoms with Crippen LogP contribution in [-0.2, 0) is 9.47 Å². The number of epoxide rings is 2. The fraction of sp³-hybridized carbons (Fsp3) is 0.231. The van der Waals surface area contributed by atoms with Gasteiger partial charge in [-0.2, -0.15) is 0 Å². The van der Waals surface area contributed by atoms with Crippen molar-refractivity contribution in [3.8, 4) is 23.0 Å². The van der Waals surface area contributed by atoms with Gasteiger partial charge >= 0.3 is 0 Å². The van der Waals surface area contributed by atoms with Crippen LogP contribution in [0.1, 0.15) is 0 Å². The van der Waals surface area contributed by atoms with Crippen molar-refractivity contribution in [3.05, 3.63) is 72.8 Å². The van der Waals surface area contributed by atoms with E-state index in [0.29, 0.717) is 13.2 Å². The molecule has 6 rings (SSSR count). The molecule has 4 aromatic rings. The highest BCUT2D eigenvalue weighted by Crippen LogP contribution is 2.44. The van der Waals surface area contributed by atoms with Crippen molar-refractivity contribution in [2.24, 2.45) is 0 Å². The average Bonchev–Trinajstić information content (AvgIpc) is 3.72. The topological polar surface area (TPSA) is 52.8 Å². The third kappa shape index (κ3) is 3.90. The molecule has 2 unspecified atom stereocenters. The van der Waals surface area contributed by atoms with Crippen LogP contribution in [0.25, 0.3) is 21.5 Å². The van der Waals surface area contributed by atoms with Gasteiger partial charge < -0.3 is 23.7 Å². The Morgan fingerprint density at radius 1 is 0.613 bits per heavy atom. The largest absolute Gasteiger partial charge is 0.489 e. The number of rotatable bonds is 8. The Bertz CT molecular complexity index is 1230. The van der Waals surface area contributed by atoms with E-state index in [1.54, 1.807) is 0 Å². The molecule has 2 aliphatic heterocycles. The van der Waals surface area contributed by atoms with Crippen molar-refractivity contribution in [2.75, 3.05) is 26.4 Å². The van der Waals surface area contributed by atoms with Crippen molar-refractivity contribution in [2.45, 2.75) is 12.2 Å². The van der Waals surface area contributed by atoms with Gasteiger partial charge in [0.1, 0.15) is 48.4 Å². The van der Waals surface area contributed by atoms with Gasteiger partial charge in [0.05, 0.1) is 13.2 Å². The summed E-state index contributed by atoms with van der Waals surface area (Å²) in [4.78, 5) is 0. The number of hydrogen-bond acceptors (Lipinski definition) is 5. The van der Waals surface area contributed by atoms with Gasteiger partial charge in [-0.15, -0.1) is 0 Å². The van der Waals surface area contributed by atoms with Gasteiger partial charge in [-0.3, -0.25) is 0 Å². The molecule has 0 N–H and O–H groups in total. The second kappa shape index (κ2) is 7.76. The Morgan fingerprint density at radius 3 is 1.77 bits per heavy atom. The predicted octanol–water partition coefficient (Wildman–Crippen LogP) is 5.34. The van der Waals surface area contributed by atoms with E-state index in [2.05, 4.69) is 12.1 Å². The summed E-state index contributed by atoms with van der Waals surface area (Å²) >= 11 is 0. The van der Waals surface area contributed by atoms with Crippen molar-refractivity contribution < 1.29 is 23.7 Å². The van der Waals surface area contributed by atoms with Gasteiger partial charge in [-0.25, -0.2) is 0 Å². The van der Waals surface area contributed by atoms with Crippen LogP contribution < -0.4 is 14.2 Å². The first-order valence-electron chi connectivity index (χ1n) is 10.6. The van der Waals surface area contributed by atoms with Crippen molar-refractivity contribution in [1.29, 1.82) is 0 Å². The zero-order valence-electron chi connectivity index (χ0n) is 17.0. The normalized spacial score (nSPS) is 19.4. The fourth-order valence-corrected chi connectivity index (χ4v) is 3.76. The van der Waals surface area contributed by atoms with E-state index in [1.807, 2.05) is 60.7 Å². The molecule has 0 aliphatic carbocycles. The maximum atomic E-state index is 6.29. The lowest BCUT2D eigenvalue weighted by Crippen LogP contribution is -2.07. The summed E-state index contributed by atoms with van der Waals surface area (Å²) in [5.74, 6) is 3.22. The third-order valence-corrected chi connectivity index (χ3v) is 5.51. The Morgan fingerprint density at radius 2 is 1.16 bits per heavy atom. The van der Waals surface area contributed by atoms with Gasteiger partial charge in [0.2, 0.25) is 0 Å². The molecule has 2 saturated heterocycles. The first-order chi connectivity index (χ1) is 15.3. The SMILES string of the molecule is c1ccc(Oc2ccc3c(OCC4CO4)c4ccccc4c(OCC4CO4)c3c2)cc1. The zero-order valence-corrected chi connectivity index (χ0v) is 17.0. The number of para-hydroxylation sites is 1. The maximum Gasteiger partial charge on any atom is 0.135 e. The molecule has 2 aliphatic rings. The quantitative estimate of drug-likeness (QED) is 0.288. The minimum absolute atomic E-state index is 0.167. The summed E-state index contributed by atoms with van der Waals surface area (Å²) in [5.41, 5.74) is 0. The molecule has 5 heteroatoms. The summed E-state index contributed by atoms with van der Waals surface area (Å²) in [6.07, 6.45) is 0.345. The monoisotopic (exact) mass is 414 g/mol. The van der Waals surface area contributed by atoms with Crippen LogP contribution in [0, 0.1) is 0 Å². The molecule has 0 spiro atoms. The molecule has 2 atom stereocenters. The highest BCUT2D eigenvalue weighted by molar-refractivity contribution is 6.11. The van der Waals surface area contributed by atoms with Gasteiger partial charge in [0, 0.05) is 21.5 Å². The van der Waals surface area contributed by atoms with E-state index < -0.39 is 0 Å². The summed E-state index contributed by atoms with van der Waals surface area (Å²) in [6, 6.07) is 24.0. The van der Waals surface area contributed by atoms with E-state index >= 15 is 0 Å². The molecule has 0 saturated carbocycles. The van der Waals surface area contributed by atoms with Gasteiger partial charge in [-0.1, -0.05) is 42.5 Å². The fourth-order valence-electron chi connectivity index (χ4n) is 3.76. The van der Waals surface area contributed by atoms with Crippen LogP contribution in [0.15, 0.2) is 72.8 Å². The molecule has 5 nitrogen and oxygen atoms in total. The smallest absolute Gasteiger partial charge is 0.135 e. The zero-order chi connectivity index (χ0) is 20.6. The van der Waals surface area contributed by atoms with E-state index in [4.69, 9.17) is 23.7 Å². The second-order valence-corrected chi connectivity index (χ2v) is 7.86. The second-order valence-electron chi connectivity index (χ2n) is 7.86. The molecule has 2 heterocycles. The maximum absolute atomic E-state index is 6.29. The number of fused-ring (bicyclic) bond motifs is 2. The molecule has 31 heavy (non-hydrogen) atoms.